The van der Waals surface area contributed by atoms with Gasteiger partial charge in [0.2, 0.25) is 0 Å². The largest absolute Gasteiger partial charge is 0.345 e. The Morgan fingerprint density at radius 2 is 2.05 bits per heavy atom. The summed E-state index contributed by atoms with van der Waals surface area (Å²) >= 11 is 5.64. The van der Waals surface area contributed by atoms with Crippen LogP contribution >= 0.6 is 11.6 Å². The summed E-state index contributed by atoms with van der Waals surface area (Å²) in [6.07, 6.45) is 2.85. The zero-order valence-corrected chi connectivity index (χ0v) is 12.0. The van der Waals surface area contributed by atoms with Crippen molar-refractivity contribution in [3.8, 4) is 0 Å². The maximum absolute atomic E-state index is 13.8. The predicted octanol–water partition coefficient (Wildman–Crippen LogP) is 3.16. The number of pyridine rings is 1. The number of fused-ring (bicyclic) bond motifs is 1. The Labute approximate surface area is 124 Å². The van der Waals surface area contributed by atoms with Crippen LogP contribution in [-0.2, 0) is 10.0 Å². The fraction of sp³-hybridized carbons (Fsp3) is 0. The minimum Gasteiger partial charge on any atom is -0.345 e. The van der Waals surface area contributed by atoms with E-state index in [4.69, 9.17) is 11.6 Å². The van der Waals surface area contributed by atoms with Gasteiger partial charge in [0.1, 0.15) is 10.5 Å². The number of aromatic nitrogens is 2. The molecule has 3 aromatic rings. The van der Waals surface area contributed by atoms with Gasteiger partial charge in [-0.05, 0) is 24.3 Å². The Balaban J connectivity index is 2.07. The van der Waals surface area contributed by atoms with E-state index in [9.17, 15) is 12.8 Å². The monoisotopic (exact) mass is 325 g/mol. The van der Waals surface area contributed by atoms with E-state index in [0.717, 1.165) is 0 Å². The number of nitrogens with zero attached hydrogens (tertiary/aromatic N) is 1. The van der Waals surface area contributed by atoms with E-state index in [1.54, 1.807) is 18.3 Å². The zero-order chi connectivity index (χ0) is 15.0. The molecule has 5 nitrogen and oxygen atoms in total. The van der Waals surface area contributed by atoms with Gasteiger partial charge < -0.3 is 4.98 Å². The van der Waals surface area contributed by atoms with Gasteiger partial charge in [-0.1, -0.05) is 17.7 Å². The number of anilines is 1. The minimum atomic E-state index is -3.96. The lowest BCUT2D eigenvalue weighted by Crippen LogP contribution is -2.13. The number of H-pyrrole nitrogens is 1. The van der Waals surface area contributed by atoms with Crippen LogP contribution in [0.1, 0.15) is 0 Å². The number of nitrogens with one attached hydrogen (secondary N) is 2. The van der Waals surface area contributed by atoms with E-state index in [2.05, 4.69) is 14.7 Å². The fourth-order valence-electron chi connectivity index (χ4n) is 1.94. The molecule has 0 aliphatic rings. The van der Waals surface area contributed by atoms with E-state index in [0.29, 0.717) is 11.0 Å². The molecular formula is C13H9ClFN3O2S. The van der Waals surface area contributed by atoms with Crippen molar-refractivity contribution < 1.29 is 12.8 Å². The second-order valence-corrected chi connectivity index (χ2v) is 6.32. The molecule has 0 aliphatic heterocycles. The summed E-state index contributed by atoms with van der Waals surface area (Å²) < 4.78 is 40.7. The molecule has 1 aromatic carbocycles. The SMILES string of the molecule is O=S(=O)(Nc1cccc(Cl)c1F)c1c[nH]c2ncccc12. The highest BCUT2D eigenvalue weighted by molar-refractivity contribution is 7.93. The van der Waals surface area contributed by atoms with E-state index in [1.807, 2.05) is 0 Å². The number of hydrogen-bond donors (Lipinski definition) is 2. The van der Waals surface area contributed by atoms with Crippen molar-refractivity contribution in [2.75, 3.05) is 4.72 Å². The van der Waals surface area contributed by atoms with Crippen LogP contribution in [0.4, 0.5) is 10.1 Å². The Kier molecular flexibility index (Phi) is 3.30. The molecule has 3 rings (SSSR count). The number of hydrogen-bond acceptors (Lipinski definition) is 3. The number of halogens is 2. The van der Waals surface area contributed by atoms with Gasteiger partial charge in [0.25, 0.3) is 10.0 Å². The van der Waals surface area contributed by atoms with Crippen LogP contribution in [0.3, 0.4) is 0 Å². The highest BCUT2D eigenvalue weighted by atomic mass is 35.5. The molecule has 108 valence electrons. The molecule has 0 bridgehead atoms. The first-order valence-electron chi connectivity index (χ1n) is 5.88. The molecule has 0 spiro atoms. The molecule has 0 radical (unpaired) electrons. The predicted molar refractivity (Wildman–Crippen MR) is 78.3 cm³/mol. The highest BCUT2D eigenvalue weighted by Gasteiger charge is 2.21. The van der Waals surface area contributed by atoms with Crippen LogP contribution in [0.5, 0.6) is 0 Å². The summed E-state index contributed by atoms with van der Waals surface area (Å²) in [6, 6.07) is 7.33. The zero-order valence-electron chi connectivity index (χ0n) is 10.5. The van der Waals surface area contributed by atoms with Crippen molar-refractivity contribution in [1.82, 2.24) is 9.97 Å². The molecule has 0 unspecified atom stereocenters. The molecule has 0 atom stereocenters. The molecule has 8 heteroatoms. The molecule has 0 amide bonds. The Hall–Kier alpha value is -2.12. The lowest BCUT2D eigenvalue weighted by molar-refractivity contribution is 0.599. The Morgan fingerprint density at radius 3 is 2.86 bits per heavy atom. The average molecular weight is 326 g/mol. The van der Waals surface area contributed by atoms with Crippen molar-refractivity contribution in [3.63, 3.8) is 0 Å². The molecule has 2 aromatic heterocycles. The van der Waals surface area contributed by atoms with Gasteiger partial charge in [0.15, 0.2) is 5.82 Å². The second-order valence-electron chi connectivity index (χ2n) is 4.26. The summed E-state index contributed by atoms with van der Waals surface area (Å²) in [6.45, 7) is 0. The van der Waals surface area contributed by atoms with Crippen molar-refractivity contribution in [2.24, 2.45) is 0 Å². The van der Waals surface area contributed by atoms with Crippen LogP contribution in [0.15, 0.2) is 47.6 Å². The van der Waals surface area contributed by atoms with Crippen molar-refractivity contribution >= 4 is 38.3 Å². The third kappa shape index (κ3) is 2.45. The number of rotatable bonds is 3. The second kappa shape index (κ2) is 5.01. The normalized spacial score (nSPS) is 11.7. The molecular weight excluding hydrogens is 317 g/mol. The van der Waals surface area contributed by atoms with E-state index in [-0.39, 0.29) is 15.6 Å². The summed E-state index contributed by atoms with van der Waals surface area (Å²) in [5, 5.41) is 0.267. The van der Waals surface area contributed by atoms with Crippen molar-refractivity contribution in [1.29, 1.82) is 0 Å². The van der Waals surface area contributed by atoms with Gasteiger partial charge in [0.05, 0.1) is 10.7 Å². The lowest BCUT2D eigenvalue weighted by Gasteiger charge is -2.08. The van der Waals surface area contributed by atoms with Gasteiger partial charge in [-0.3, -0.25) is 4.72 Å². The molecule has 21 heavy (non-hydrogen) atoms. The summed E-state index contributed by atoms with van der Waals surface area (Å²) in [5.41, 5.74) is 0.227. The third-order valence-electron chi connectivity index (χ3n) is 2.90. The topological polar surface area (TPSA) is 74.8 Å². The number of sulfonamides is 1. The number of benzene rings is 1. The van der Waals surface area contributed by atoms with E-state index < -0.39 is 15.8 Å². The first-order chi connectivity index (χ1) is 9.99. The Bertz CT molecular complexity index is 924. The van der Waals surface area contributed by atoms with Crippen molar-refractivity contribution in [2.45, 2.75) is 4.90 Å². The molecule has 2 N–H and O–H groups in total. The highest BCUT2D eigenvalue weighted by Crippen LogP contribution is 2.27. The maximum atomic E-state index is 13.8. The van der Waals surface area contributed by atoms with Gasteiger partial charge in [-0.2, -0.15) is 0 Å². The molecule has 0 aliphatic carbocycles. The standard InChI is InChI=1S/C13H9ClFN3O2S/c14-9-4-1-5-10(12(9)15)18-21(19,20)11-7-17-13-8(11)3-2-6-16-13/h1-7,18H,(H,16,17). The minimum absolute atomic E-state index is 0.00928. The number of aromatic amines is 1. The first-order valence-corrected chi connectivity index (χ1v) is 7.74. The molecule has 0 saturated carbocycles. The van der Waals surface area contributed by atoms with E-state index in [1.165, 1.54) is 24.4 Å². The maximum Gasteiger partial charge on any atom is 0.264 e. The van der Waals surface area contributed by atoms with Crippen LogP contribution < -0.4 is 4.72 Å². The summed E-state index contributed by atoms with van der Waals surface area (Å²) in [4.78, 5) is 6.76. The van der Waals surface area contributed by atoms with Gasteiger partial charge in [-0.25, -0.2) is 17.8 Å². The summed E-state index contributed by atoms with van der Waals surface area (Å²) in [5.74, 6) is -0.819. The fourth-order valence-corrected chi connectivity index (χ4v) is 3.34. The molecule has 2 heterocycles. The Morgan fingerprint density at radius 1 is 1.24 bits per heavy atom. The third-order valence-corrected chi connectivity index (χ3v) is 4.60. The van der Waals surface area contributed by atoms with E-state index >= 15 is 0 Å². The van der Waals surface area contributed by atoms with Crippen LogP contribution in [0.25, 0.3) is 11.0 Å². The average Bonchev–Trinajstić information content (AvgIpc) is 2.88. The van der Waals surface area contributed by atoms with Crippen LogP contribution in [0, 0.1) is 5.82 Å². The first kappa shape index (κ1) is 13.8. The van der Waals surface area contributed by atoms with Crippen molar-refractivity contribution in [3.05, 3.63) is 53.6 Å². The molecule has 0 saturated heterocycles. The van der Waals surface area contributed by atoms with Gasteiger partial charge >= 0.3 is 0 Å². The van der Waals surface area contributed by atoms with Gasteiger partial charge in [0, 0.05) is 17.8 Å². The van der Waals surface area contributed by atoms with Gasteiger partial charge in [-0.15, -0.1) is 0 Å². The van der Waals surface area contributed by atoms with Crippen LogP contribution in [-0.4, -0.2) is 18.4 Å². The smallest absolute Gasteiger partial charge is 0.264 e. The van der Waals surface area contributed by atoms with Crippen LogP contribution in [0.2, 0.25) is 5.02 Å². The molecule has 0 fully saturated rings. The lowest BCUT2D eigenvalue weighted by atomic mass is 10.3. The summed E-state index contributed by atoms with van der Waals surface area (Å²) in [7, 11) is -3.96. The quantitative estimate of drug-likeness (QED) is 0.776.